The SMILES string of the molecule is CCOC(=O)CC1CCC(O)C2Oc3c(OC)cccc3C12C(=O)OCC. The number of carbonyl (C=O) groups is 2. The van der Waals surface area contributed by atoms with Gasteiger partial charge in [0.1, 0.15) is 11.5 Å². The molecule has 7 nitrogen and oxygen atoms in total. The fourth-order valence-corrected chi connectivity index (χ4v) is 4.41. The number of esters is 2. The van der Waals surface area contributed by atoms with E-state index in [9.17, 15) is 14.7 Å². The lowest BCUT2D eigenvalue weighted by molar-refractivity contribution is -0.166. The van der Waals surface area contributed by atoms with E-state index in [4.69, 9.17) is 18.9 Å². The van der Waals surface area contributed by atoms with Gasteiger partial charge in [-0.1, -0.05) is 12.1 Å². The molecule has 1 heterocycles. The summed E-state index contributed by atoms with van der Waals surface area (Å²) < 4.78 is 22.0. The van der Waals surface area contributed by atoms with Crippen molar-refractivity contribution in [2.45, 2.75) is 50.7 Å². The number of methoxy groups -OCH3 is 1. The third-order valence-electron chi connectivity index (χ3n) is 5.47. The molecule has 0 saturated heterocycles. The van der Waals surface area contributed by atoms with Gasteiger partial charge in [0.2, 0.25) is 0 Å². The van der Waals surface area contributed by atoms with Crippen LogP contribution >= 0.6 is 0 Å². The predicted octanol–water partition coefficient (Wildman–Crippen LogP) is 1.98. The first-order valence-electron chi connectivity index (χ1n) is 9.35. The van der Waals surface area contributed by atoms with Gasteiger partial charge in [-0.15, -0.1) is 0 Å². The van der Waals surface area contributed by atoms with Crippen molar-refractivity contribution in [3.05, 3.63) is 23.8 Å². The van der Waals surface area contributed by atoms with Crippen LogP contribution in [0.2, 0.25) is 0 Å². The number of hydrogen-bond donors (Lipinski definition) is 1. The fourth-order valence-electron chi connectivity index (χ4n) is 4.41. The normalized spacial score (nSPS) is 28.5. The molecule has 3 rings (SSSR count). The first kappa shape index (κ1) is 19.5. The Kier molecular flexibility index (Phi) is 5.60. The monoisotopic (exact) mass is 378 g/mol. The highest BCUT2D eigenvalue weighted by molar-refractivity contribution is 5.89. The second-order valence-corrected chi connectivity index (χ2v) is 6.82. The number of benzene rings is 1. The van der Waals surface area contributed by atoms with Gasteiger partial charge < -0.3 is 24.1 Å². The van der Waals surface area contributed by atoms with E-state index in [1.165, 1.54) is 7.11 Å². The smallest absolute Gasteiger partial charge is 0.320 e. The van der Waals surface area contributed by atoms with Crippen molar-refractivity contribution in [3.8, 4) is 11.5 Å². The van der Waals surface area contributed by atoms with E-state index in [0.717, 1.165) is 0 Å². The Hall–Kier alpha value is -2.28. The van der Waals surface area contributed by atoms with E-state index in [1.807, 2.05) is 0 Å². The zero-order valence-corrected chi connectivity index (χ0v) is 15.9. The summed E-state index contributed by atoms with van der Waals surface area (Å²) >= 11 is 0. The van der Waals surface area contributed by atoms with Crippen molar-refractivity contribution in [2.75, 3.05) is 20.3 Å². The van der Waals surface area contributed by atoms with Gasteiger partial charge in [-0.2, -0.15) is 0 Å². The molecule has 0 amide bonds. The molecule has 1 N–H and O–H groups in total. The van der Waals surface area contributed by atoms with Gasteiger partial charge in [-0.05, 0) is 38.7 Å². The fraction of sp³-hybridized carbons (Fsp3) is 0.600. The van der Waals surface area contributed by atoms with Crippen LogP contribution < -0.4 is 9.47 Å². The van der Waals surface area contributed by atoms with Crippen LogP contribution in [0.25, 0.3) is 0 Å². The summed E-state index contributed by atoms with van der Waals surface area (Å²) in [7, 11) is 1.52. The first-order valence-corrected chi connectivity index (χ1v) is 9.35. The second-order valence-electron chi connectivity index (χ2n) is 6.82. The maximum absolute atomic E-state index is 13.3. The quantitative estimate of drug-likeness (QED) is 0.757. The molecule has 1 aliphatic carbocycles. The van der Waals surface area contributed by atoms with Gasteiger partial charge in [-0.25, -0.2) is 0 Å². The number of carbonyl (C=O) groups excluding carboxylic acids is 2. The van der Waals surface area contributed by atoms with Crippen molar-refractivity contribution in [2.24, 2.45) is 5.92 Å². The number of rotatable bonds is 6. The maximum Gasteiger partial charge on any atom is 0.320 e. The number of para-hydroxylation sites is 1. The Morgan fingerprint density at radius 3 is 2.63 bits per heavy atom. The molecule has 2 aliphatic rings. The van der Waals surface area contributed by atoms with Gasteiger partial charge in [0.05, 0.1) is 26.4 Å². The average molecular weight is 378 g/mol. The third kappa shape index (κ3) is 3.04. The van der Waals surface area contributed by atoms with Crippen LogP contribution in [0.15, 0.2) is 18.2 Å². The molecular weight excluding hydrogens is 352 g/mol. The summed E-state index contributed by atoms with van der Waals surface area (Å²) in [6.45, 7) is 3.93. The van der Waals surface area contributed by atoms with Crippen LogP contribution in [0.4, 0.5) is 0 Å². The average Bonchev–Trinajstić information content (AvgIpc) is 3.02. The third-order valence-corrected chi connectivity index (χ3v) is 5.47. The largest absolute Gasteiger partial charge is 0.493 e. The summed E-state index contributed by atoms with van der Waals surface area (Å²) in [6.07, 6.45) is -0.738. The van der Waals surface area contributed by atoms with Crippen molar-refractivity contribution in [1.29, 1.82) is 0 Å². The first-order chi connectivity index (χ1) is 13.0. The summed E-state index contributed by atoms with van der Waals surface area (Å²) in [5.41, 5.74) is -0.678. The van der Waals surface area contributed by atoms with Crippen molar-refractivity contribution in [1.82, 2.24) is 0 Å². The van der Waals surface area contributed by atoms with Crippen LogP contribution in [0, 0.1) is 5.92 Å². The van der Waals surface area contributed by atoms with Gasteiger partial charge in [0.15, 0.2) is 11.5 Å². The molecular formula is C20H26O7. The number of ether oxygens (including phenoxy) is 4. The maximum atomic E-state index is 13.3. The lowest BCUT2D eigenvalue weighted by Crippen LogP contribution is -2.59. The number of aliphatic hydroxyl groups excluding tert-OH is 1. The summed E-state index contributed by atoms with van der Waals surface area (Å²) in [5, 5.41) is 10.7. The number of hydrogen-bond acceptors (Lipinski definition) is 7. The molecule has 0 bridgehead atoms. The Morgan fingerprint density at radius 1 is 1.22 bits per heavy atom. The van der Waals surface area contributed by atoms with E-state index >= 15 is 0 Å². The zero-order valence-electron chi connectivity index (χ0n) is 15.9. The molecule has 148 valence electrons. The van der Waals surface area contributed by atoms with Crippen molar-refractivity contribution < 1.29 is 33.6 Å². The van der Waals surface area contributed by atoms with E-state index in [-0.39, 0.29) is 25.6 Å². The van der Waals surface area contributed by atoms with Crippen LogP contribution in [-0.4, -0.2) is 49.6 Å². The molecule has 0 radical (unpaired) electrons. The molecule has 0 spiro atoms. The highest BCUT2D eigenvalue weighted by Crippen LogP contribution is 2.57. The van der Waals surface area contributed by atoms with Crippen molar-refractivity contribution in [3.63, 3.8) is 0 Å². The topological polar surface area (TPSA) is 91.3 Å². The van der Waals surface area contributed by atoms with E-state index in [0.29, 0.717) is 29.9 Å². The van der Waals surface area contributed by atoms with Gasteiger partial charge in [0, 0.05) is 12.0 Å². The minimum atomic E-state index is -1.27. The van der Waals surface area contributed by atoms with Crippen molar-refractivity contribution >= 4 is 11.9 Å². The molecule has 1 fully saturated rings. The predicted molar refractivity (Wildman–Crippen MR) is 95.7 cm³/mol. The molecule has 1 aromatic rings. The Balaban J connectivity index is 2.15. The van der Waals surface area contributed by atoms with Crippen LogP contribution in [0.3, 0.4) is 0 Å². The van der Waals surface area contributed by atoms with Crippen LogP contribution in [-0.2, 0) is 24.5 Å². The lowest BCUT2D eigenvalue weighted by Gasteiger charge is -2.44. The van der Waals surface area contributed by atoms with Gasteiger partial charge >= 0.3 is 11.9 Å². The summed E-state index contributed by atoms with van der Waals surface area (Å²) in [6, 6.07) is 5.29. The molecule has 27 heavy (non-hydrogen) atoms. The molecule has 4 unspecified atom stereocenters. The highest BCUT2D eigenvalue weighted by Gasteiger charge is 2.65. The number of fused-ring (bicyclic) bond motifs is 3. The highest BCUT2D eigenvalue weighted by atomic mass is 16.6. The molecule has 1 saturated carbocycles. The van der Waals surface area contributed by atoms with E-state index < -0.39 is 29.5 Å². The van der Waals surface area contributed by atoms with E-state index in [1.54, 1.807) is 32.0 Å². The Morgan fingerprint density at radius 2 is 1.96 bits per heavy atom. The second kappa shape index (κ2) is 7.76. The summed E-state index contributed by atoms with van der Waals surface area (Å²) in [5.74, 6) is -0.370. The lowest BCUT2D eigenvalue weighted by atomic mass is 9.60. The number of aliphatic hydroxyl groups is 1. The van der Waals surface area contributed by atoms with Gasteiger partial charge in [-0.3, -0.25) is 9.59 Å². The van der Waals surface area contributed by atoms with E-state index in [2.05, 4.69) is 0 Å². The summed E-state index contributed by atoms with van der Waals surface area (Å²) in [4.78, 5) is 25.5. The molecule has 1 aromatic carbocycles. The molecule has 1 aliphatic heterocycles. The molecule has 4 atom stereocenters. The molecule has 7 heteroatoms. The van der Waals surface area contributed by atoms with Crippen LogP contribution in [0.5, 0.6) is 11.5 Å². The minimum absolute atomic E-state index is 0.0515. The molecule has 0 aromatic heterocycles. The Bertz CT molecular complexity index is 716. The standard InChI is InChI=1S/C20H26O7/c1-4-25-16(22)11-12-9-10-14(21)18-20(12,19(23)26-5-2)13-7-6-8-15(24-3)17(13)27-18/h6-8,12,14,18,21H,4-5,9-11H2,1-3H3. The zero-order chi connectivity index (χ0) is 19.6. The van der Waals surface area contributed by atoms with Gasteiger partial charge in [0.25, 0.3) is 0 Å². The Labute approximate surface area is 158 Å². The van der Waals surface area contributed by atoms with Crippen LogP contribution in [0.1, 0.15) is 38.7 Å². The minimum Gasteiger partial charge on any atom is -0.493 e.